The van der Waals surface area contributed by atoms with Crippen molar-refractivity contribution in [2.45, 2.75) is 0 Å². The van der Waals surface area contributed by atoms with E-state index in [-0.39, 0.29) is 25.7 Å². The second kappa shape index (κ2) is 10.4. The van der Waals surface area contributed by atoms with Gasteiger partial charge in [0.05, 0.1) is 36.1 Å². The summed E-state index contributed by atoms with van der Waals surface area (Å²) < 4.78 is 0.676. The zero-order valence-corrected chi connectivity index (χ0v) is 22.6. The van der Waals surface area contributed by atoms with E-state index in [4.69, 9.17) is 46.4 Å². The van der Waals surface area contributed by atoms with Gasteiger partial charge in [-0.25, -0.2) is 5.01 Å². The number of nitro groups is 1. The van der Waals surface area contributed by atoms with Gasteiger partial charge in [0.25, 0.3) is 23.4 Å². The van der Waals surface area contributed by atoms with E-state index in [1.807, 2.05) is 0 Å². The molecule has 188 valence electrons. The molecule has 4 rings (SSSR count). The van der Waals surface area contributed by atoms with Crippen LogP contribution in [0.1, 0.15) is 41.4 Å². The Kier molecular flexibility index (Phi) is 7.59. The Hall–Kier alpha value is -3.02. The molecule has 0 unspecified atom stereocenters. The maximum atomic E-state index is 13.6. The zero-order chi connectivity index (χ0) is 27.2. The number of hydrogen-bond acceptors (Lipinski definition) is 6. The Balaban J connectivity index is 1.86. The molecule has 3 aromatic carbocycles. The summed E-state index contributed by atoms with van der Waals surface area (Å²) in [5.74, 6) is -4.09. The smallest absolute Gasteiger partial charge is 0.282 e. The molecule has 3 aromatic rings. The predicted octanol–water partition coefficient (Wildman–Crippen LogP) is 6.51. The molecular weight excluding hydrogens is 636 g/mol. The van der Waals surface area contributed by atoms with E-state index < -0.39 is 57.4 Å². The molecule has 0 atom stereocenters. The Morgan fingerprint density at radius 2 is 1.38 bits per heavy atom. The molecule has 0 N–H and O–H groups in total. The van der Waals surface area contributed by atoms with Crippen LogP contribution in [-0.4, -0.2) is 45.0 Å². The van der Waals surface area contributed by atoms with Gasteiger partial charge in [0.1, 0.15) is 12.1 Å². The number of nitro benzene ring substituents is 1. The lowest BCUT2D eigenvalue weighted by Crippen LogP contribution is -2.51. The number of imide groups is 1. The molecule has 0 aliphatic carbocycles. The molecule has 37 heavy (non-hydrogen) atoms. The average Bonchev–Trinajstić information content (AvgIpc) is 3.14. The van der Waals surface area contributed by atoms with Crippen molar-refractivity contribution in [2.75, 3.05) is 6.54 Å². The minimum absolute atomic E-state index is 0.141. The lowest BCUT2D eigenvalue weighted by Gasteiger charge is -2.29. The maximum Gasteiger partial charge on any atom is 0.282 e. The van der Waals surface area contributed by atoms with Gasteiger partial charge in [-0.05, 0) is 18.2 Å². The van der Waals surface area contributed by atoms with Crippen molar-refractivity contribution < 1.29 is 24.1 Å². The molecule has 0 fully saturated rings. The minimum atomic E-state index is -1.17. The van der Waals surface area contributed by atoms with Crippen LogP contribution in [0.3, 0.4) is 0 Å². The highest BCUT2D eigenvalue weighted by molar-refractivity contribution is 9.10. The van der Waals surface area contributed by atoms with Gasteiger partial charge in [-0.1, -0.05) is 86.6 Å². The standard InChI is InChI=1S/C23H10BrCl4N3O6/c24-11-7-5-10(6-8-11)14(32)9-29(21(33)12-3-1-2-4-13(12)31(36)37)30-22(34)15-16(23(30)35)18(26)20(28)19(27)17(15)25/h1-8H,9H2. The van der Waals surface area contributed by atoms with Crippen molar-refractivity contribution in [1.29, 1.82) is 0 Å². The molecular formula is C23H10BrCl4N3O6. The van der Waals surface area contributed by atoms with Crippen molar-refractivity contribution in [1.82, 2.24) is 10.0 Å². The highest BCUT2D eigenvalue weighted by atomic mass is 79.9. The largest absolute Gasteiger partial charge is 0.292 e. The third-order valence-corrected chi connectivity index (χ3v) is 7.68. The highest BCUT2D eigenvalue weighted by Crippen LogP contribution is 2.45. The topological polar surface area (TPSA) is 118 Å². The number of hydrogen-bond donors (Lipinski definition) is 0. The van der Waals surface area contributed by atoms with E-state index in [0.29, 0.717) is 14.5 Å². The number of rotatable bonds is 6. The molecule has 1 aliphatic rings. The molecule has 0 saturated heterocycles. The van der Waals surface area contributed by atoms with E-state index in [2.05, 4.69) is 15.9 Å². The number of carbonyl (C=O) groups is 4. The number of fused-ring (bicyclic) bond motifs is 1. The lowest BCUT2D eigenvalue weighted by atomic mass is 10.1. The van der Waals surface area contributed by atoms with Crippen LogP contribution >= 0.6 is 62.3 Å². The first-order valence-corrected chi connectivity index (χ1v) is 12.3. The third kappa shape index (κ3) is 4.71. The summed E-state index contributed by atoms with van der Waals surface area (Å²) in [6, 6.07) is 10.9. The summed E-state index contributed by atoms with van der Waals surface area (Å²) in [6.45, 7) is -0.839. The Morgan fingerprint density at radius 1 is 0.865 bits per heavy atom. The summed E-state index contributed by atoms with van der Waals surface area (Å²) in [7, 11) is 0. The summed E-state index contributed by atoms with van der Waals surface area (Å²) in [4.78, 5) is 64.3. The predicted molar refractivity (Wildman–Crippen MR) is 140 cm³/mol. The van der Waals surface area contributed by atoms with Gasteiger partial charge in [-0.2, -0.15) is 5.01 Å². The van der Waals surface area contributed by atoms with Crippen LogP contribution in [0.5, 0.6) is 0 Å². The molecule has 3 amide bonds. The quantitative estimate of drug-likeness (QED) is 0.0754. The maximum absolute atomic E-state index is 13.6. The molecule has 14 heteroatoms. The first-order chi connectivity index (χ1) is 17.5. The number of nitrogens with zero attached hydrogens (tertiary/aromatic N) is 3. The van der Waals surface area contributed by atoms with Crippen molar-refractivity contribution >= 4 is 91.5 Å². The van der Waals surface area contributed by atoms with Crippen LogP contribution in [0.15, 0.2) is 53.0 Å². The molecule has 0 bridgehead atoms. The van der Waals surface area contributed by atoms with Gasteiger partial charge >= 0.3 is 0 Å². The number of ketones is 1. The summed E-state index contributed by atoms with van der Waals surface area (Å²) in [6.07, 6.45) is 0. The molecule has 1 aliphatic heterocycles. The molecule has 0 saturated carbocycles. The fraction of sp³-hybridized carbons (Fsp3) is 0.0435. The molecule has 9 nitrogen and oxygen atoms in total. The van der Waals surface area contributed by atoms with Crippen LogP contribution in [0.4, 0.5) is 5.69 Å². The second-order valence-corrected chi connectivity index (χ2v) is 9.92. The van der Waals surface area contributed by atoms with E-state index in [1.165, 1.54) is 24.3 Å². The fourth-order valence-corrected chi connectivity index (χ4v) is 4.88. The van der Waals surface area contributed by atoms with Gasteiger partial charge in [0.15, 0.2) is 5.78 Å². The molecule has 0 radical (unpaired) electrons. The zero-order valence-electron chi connectivity index (χ0n) is 18.0. The lowest BCUT2D eigenvalue weighted by molar-refractivity contribution is -0.385. The Morgan fingerprint density at radius 3 is 1.89 bits per heavy atom. The minimum Gasteiger partial charge on any atom is -0.292 e. The van der Waals surface area contributed by atoms with Crippen LogP contribution in [-0.2, 0) is 0 Å². The van der Waals surface area contributed by atoms with Crippen molar-refractivity contribution in [3.05, 3.63) is 105 Å². The number of halogens is 5. The van der Waals surface area contributed by atoms with Gasteiger partial charge in [0.2, 0.25) is 0 Å². The van der Waals surface area contributed by atoms with E-state index in [0.717, 1.165) is 12.1 Å². The van der Waals surface area contributed by atoms with Gasteiger partial charge < -0.3 is 0 Å². The number of hydrazine groups is 1. The summed E-state index contributed by atoms with van der Waals surface area (Å²) >= 11 is 27.7. The van der Waals surface area contributed by atoms with Gasteiger partial charge in [-0.15, -0.1) is 0 Å². The number of amides is 3. The van der Waals surface area contributed by atoms with E-state index in [9.17, 15) is 29.3 Å². The van der Waals surface area contributed by atoms with Gasteiger partial charge in [0, 0.05) is 16.1 Å². The van der Waals surface area contributed by atoms with Crippen LogP contribution in [0.2, 0.25) is 20.1 Å². The van der Waals surface area contributed by atoms with Crippen molar-refractivity contribution in [3.63, 3.8) is 0 Å². The van der Waals surface area contributed by atoms with Crippen molar-refractivity contribution in [2.24, 2.45) is 0 Å². The molecule has 0 spiro atoms. The average molecular weight is 646 g/mol. The number of carbonyl (C=O) groups excluding carboxylic acids is 4. The third-order valence-electron chi connectivity index (χ3n) is 5.35. The normalized spacial score (nSPS) is 12.5. The van der Waals surface area contributed by atoms with Crippen LogP contribution in [0.25, 0.3) is 0 Å². The van der Waals surface area contributed by atoms with Crippen LogP contribution in [0, 0.1) is 10.1 Å². The SMILES string of the molecule is O=C(CN(C(=O)c1ccccc1[N+](=O)[O-])N1C(=O)c2c(Cl)c(Cl)c(Cl)c(Cl)c2C1=O)c1ccc(Br)cc1. The fourth-order valence-electron chi connectivity index (χ4n) is 3.61. The monoisotopic (exact) mass is 643 g/mol. The van der Waals surface area contributed by atoms with E-state index in [1.54, 1.807) is 12.1 Å². The summed E-state index contributed by atoms with van der Waals surface area (Å²) in [5.41, 5.74) is -1.79. The first-order valence-electron chi connectivity index (χ1n) is 10.0. The van der Waals surface area contributed by atoms with Crippen molar-refractivity contribution in [3.8, 4) is 0 Å². The van der Waals surface area contributed by atoms with E-state index >= 15 is 0 Å². The number of para-hydroxylation sites is 1. The summed E-state index contributed by atoms with van der Waals surface area (Å²) in [5, 5.41) is 11.1. The number of Topliss-reactive ketones (excluding diaryl/α,β-unsaturated/α-hetero) is 1. The Bertz CT molecular complexity index is 1480. The molecule has 0 aromatic heterocycles. The van der Waals surface area contributed by atoms with Crippen LogP contribution < -0.4 is 0 Å². The second-order valence-electron chi connectivity index (χ2n) is 7.50. The number of benzene rings is 3. The first kappa shape index (κ1) is 27.0. The highest BCUT2D eigenvalue weighted by Gasteiger charge is 2.47. The Labute approximate surface area is 236 Å². The van der Waals surface area contributed by atoms with Gasteiger partial charge in [-0.3, -0.25) is 29.3 Å². The molecule has 1 heterocycles.